The molecule has 1 aliphatic heterocycles. The highest BCUT2D eigenvalue weighted by Crippen LogP contribution is 2.27. The van der Waals surface area contributed by atoms with Crippen LogP contribution in [0.25, 0.3) is 0 Å². The van der Waals surface area contributed by atoms with Crippen molar-refractivity contribution in [3.63, 3.8) is 0 Å². The summed E-state index contributed by atoms with van der Waals surface area (Å²) in [6.45, 7) is 5.89. The number of carboxylic acids is 1. The van der Waals surface area contributed by atoms with Gasteiger partial charge in [-0.15, -0.1) is 0 Å². The van der Waals surface area contributed by atoms with Crippen LogP contribution in [-0.2, 0) is 42.9 Å². The molecule has 0 saturated carbocycles. The van der Waals surface area contributed by atoms with Gasteiger partial charge in [-0.25, -0.2) is 4.79 Å². The maximum atomic E-state index is 13.2. The van der Waals surface area contributed by atoms with Crippen LogP contribution in [0.2, 0.25) is 0 Å². The van der Waals surface area contributed by atoms with Gasteiger partial charge < -0.3 is 39.0 Å². The number of aliphatic hydroxyl groups excluding tert-OH is 2. The molecular formula is C65H114O12. The third-order valence-electron chi connectivity index (χ3n) is 14.4. The van der Waals surface area contributed by atoms with E-state index in [1.165, 1.54) is 116 Å². The Bertz CT molecular complexity index is 1520. The number of aliphatic carboxylic acids is 1. The van der Waals surface area contributed by atoms with Crippen LogP contribution in [-0.4, -0.2) is 89.2 Å². The van der Waals surface area contributed by atoms with E-state index in [9.17, 15) is 34.5 Å². The molecule has 12 heteroatoms. The van der Waals surface area contributed by atoms with Crippen molar-refractivity contribution >= 4 is 23.9 Å². The fraction of sp³-hybridized carbons (Fsp3) is 0.815. The van der Waals surface area contributed by atoms with Gasteiger partial charge >= 0.3 is 23.9 Å². The Hall–Kier alpha value is -3.32. The average molecular weight is 1090 g/mol. The van der Waals surface area contributed by atoms with Gasteiger partial charge in [0.2, 0.25) is 0 Å². The molecular weight excluding hydrogens is 973 g/mol. The molecule has 3 N–H and O–H groups in total. The van der Waals surface area contributed by atoms with Crippen LogP contribution in [0, 0.1) is 0 Å². The molecule has 0 aromatic heterocycles. The zero-order valence-electron chi connectivity index (χ0n) is 49.2. The summed E-state index contributed by atoms with van der Waals surface area (Å²) in [4.78, 5) is 51.2. The Labute approximate surface area is 469 Å². The lowest BCUT2D eigenvalue weighted by atomic mass is 9.98. The molecule has 0 bridgehead atoms. The minimum Gasteiger partial charge on any atom is -0.479 e. The summed E-state index contributed by atoms with van der Waals surface area (Å²) in [6, 6.07) is 0. The summed E-state index contributed by atoms with van der Waals surface area (Å²) < 4.78 is 28.5. The number of aliphatic hydroxyl groups is 2. The smallest absolute Gasteiger partial charge is 0.335 e. The number of allylic oxidation sites excluding steroid dienone is 8. The molecule has 0 aliphatic carbocycles. The van der Waals surface area contributed by atoms with Crippen molar-refractivity contribution in [1.29, 1.82) is 0 Å². The maximum Gasteiger partial charge on any atom is 0.335 e. The van der Waals surface area contributed by atoms with Gasteiger partial charge in [-0.2, -0.15) is 0 Å². The minimum atomic E-state index is -1.90. The summed E-state index contributed by atoms with van der Waals surface area (Å²) in [5, 5.41) is 31.6. The summed E-state index contributed by atoms with van der Waals surface area (Å²) >= 11 is 0. The lowest BCUT2D eigenvalue weighted by Crippen LogP contribution is -2.61. The number of carbonyl (C=O) groups excluding carboxylic acids is 3. The van der Waals surface area contributed by atoms with Crippen molar-refractivity contribution in [2.45, 2.75) is 327 Å². The van der Waals surface area contributed by atoms with E-state index in [2.05, 4.69) is 69.4 Å². The topological polar surface area (TPSA) is 175 Å². The predicted molar refractivity (Wildman–Crippen MR) is 312 cm³/mol. The molecule has 0 spiro atoms. The molecule has 1 fully saturated rings. The number of rotatable bonds is 54. The van der Waals surface area contributed by atoms with Gasteiger partial charge in [0, 0.05) is 19.3 Å². The third-order valence-corrected chi connectivity index (χ3v) is 14.4. The van der Waals surface area contributed by atoms with Crippen molar-refractivity contribution in [3.05, 3.63) is 48.6 Å². The highest BCUT2D eigenvalue weighted by atomic mass is 16.7. The van der Waals surface area contributed by atoms with Crippen LogP contribution in [0.5, 0.6) is 0 Å². The number of carbonyl (C=O) groups is 4. The SMILES string of the molecule is CC/C=C\C/C=C\C/C=C\CCCCCCCC(=O)OCC(COC1OC(C(=O)O)C(O)C(O)C1OC(=O)CCCCCCCCCCCCCCCCCCC)OC(=O)CCCCCCC/C=C\CCCCCCCC. The molecule has 0 amide bonds. The van der Waals surface area contributed by atoms with Gasteiger partial charge in [-0.3, -0.25) is 14.4 Å². The Morgan fingerprint density at radius 3 is 1.26 bits per heavy atom. The lowest BCUT2D eigenvalue weighted by Gasteiger charge is -2.40. The lowest BCUT2D eigenvalue weighted by molar-refractivity contribution is -0.301. The van der Waals surface area contributed by atoms with E-state index in [1.54, 1.807) is 0 Å². The van der Waals surface area contributed by atoms with E-state index in [4.69, 9.17) is 23.7 Å². The number of ether oxygens (including phenoxy) is 5. The van der Waals surface area contributed by atoms with Crippen LogP contribution in [0.15, 0.2) is 48.6 Å². The first-order chi connectivity index (χ1) is 37.6. The van der Waals surface area contributed by atoms with Crippen LogP contribution in [0.4, 0.5) is 0 Å². The standard InChI is InChI=1S/C65H114O12/c1-4-7-10-13-16-19-22-25-28-29-32-35-38-41-44-47-50-53-59(68)76-63-61(70)60(69)62(64(71)72)77-65(63)74-55-56(75-58(67)52-49-46-43-40-37-34-31-27-24-21-18-15-12-9-6-3)54-73-57(66)51-48-45-42-39-36-33-30-26-23-20-17-14-11-8-5-2/h8,11,17,20,26-27,30-31,56,60-63,65,69-70H,4-7,9-10,12-16,18-19,21-25,28-29,32-55H2,1-3H3,(H,71,72)/b11-8-,20-17-,30-26-,31-27-. The van der Waals surface area contributed by atoms with Crippen LogP contribution in [0.3, 0.4) is 0 Å². The summed E-state index contributed by atoms with van der Waals surface area (Å²) in [5.74, 6) is -3.13. The molecule has 77 heavy (non-hydrogen) atoms. The van der Waals surface area contributed by atoms with Gasteiger partial charge in [-0.1, -0.05) is 243 Å². The number of hydrogen-bond donors (Lipinski definition) is 3. The van der Waals surface area contributed by atoms with E-state index in [0.29, 0.717) is 19.3 Å². The Morgan fingerprint density at radius 2 is 0.818 bits per heavy atom. The second-order valence-electron chi connectivity index (χ2n) is 21.7. The molecule has 1 rings (SSSR count). The summed E-state index contributed by atoms with van der Waals surface area (Å²) in [7, 11) is 0. The number of carboxylic acid groups (broad SMARTS) is 1. The zero-order chi connectivity index (χ0) is 56.1. The second kappa shape index (κ2) is 53.3. The van der Waals surface area contributed by atoms with E-state index < -0.39 is 67.3 Å². The number of esters is 3. The highest BCUT2D eigenvalue weighted by molar-refractivity contribution is 5.74. The van der Waals surface area contributed by atoms with Crippen LogP contribution >= 0.6 is 0 Å². The average Bonchev–Trinajstić information content (AvgIpc) is 3.42. The summed E-state index contributed by atoms with van der Waals surface area (Å²) in [5.41, 5.74) is 0. The monoisotopic (exact) mass is 1090 g/mol. The van der Waals surface area contributed by atoms with Crippen molar-refractivity contribution in [1.82, 2.24) is 0 Å². The van der Waals surface area contributed by atoms with Gasteiger partial charge in [0.25, 0.3) is 0 Å². The quantitative estimate of drug-likeness (QED) is 0.0228. The molecule has 446 valence electrons. The first kappa shape index (κ1) is 71.7. The van der Waals surface area contributed by atoms with Gasteiger partial charge in [-0.05, 0) is 77.0 Å². The molecule has 0 radical (unpaired) electrons. The summed E-state index contributed by atoms with van der Waals surface area (Å²) in [6.07, 6.45) is 52.1. The third kappa shape index (κ3) is 43.2. The fourth-order valence-electron chi connectivity index (χ4n) is 9.56. The molecule has 0 aromatic rings. The van der Waals surface area contributed by atoms with E-state index in [-0.39, 0.29) is 25.9 Å². The van der Waals surface area contributed by atoms with E-state index >= 15 is 0 Å². The van der Waals surface area contributed by atoms with Gasteiger partial charge in [0.05, 0.1) is 6.61 Å². The minimum absolute atomic E-state index is 0.0622. The maximum absolute atomic E-state index is 13.2. The van der Waals surface area contributed by atoms with E-state index in [0.717, 1.165) is 116 Å². The van der Waals surface area contributed by atoms with Crippen molar-refractivity contribution in [2.24, 2.45) is 0 Å². The molecule has 6 atom stereocenters. The normalized spacial score (nSPS) is 18.3. The van der Waals surface area contributed by atoms with Crippen molar-refractivity contribution < 1.29 is 58.2 Å². The molecule has 0 aromatic carbocycles. The number of hydrogen-bond acceptors (Lipinski definition) is 11. The predicted octanol–water partition coefficient (Wildman–Crippen LogP) is 16.6. The first-order valence-corrected chi connectivity index (χ1v) is 31.6. The van der Waals surface area contributed by atoms with Crippen molar-refractivity contribution in [2.75, 3.05) is 13.2 Å². The Kier molecular flexibility index (Phi) is 49.7. The molecule has 1 saturated heterocycles. The number of unbranched alkanes of at least 4 members (excludes halogenated alkanes) is 32. The molecule has 1 aliphatic rings. The highest BCUT2D eigenvalue weighted by Gasteiger charge is 2.50. The largest absolute Gasteiger partial charge is 0.479 e. The Balaban J connectivity index is 2.67. The molecule has 6 unspecified atom stereocenters. The fourth-order valence-corrected chi connectivity index (χ4v) is 9.56. The zero-order valence-corrected chi connectivity index (χ0v) is 49.2. The van der Waals surface area contributed by atoms with Crippen LogP contribution in [0.1, 0.15) is 290 Å². The Morgan fingerprint density at radius 1 is 0.442 bits per heavy atom. The first-order valence-electron chi connectivity index (χ1n) is 31.6. The van der Waals surface area contributed by atoms with Gasteiger partial charge in [0.1, 0.15) is 18.8 Å². The molecule has 12 nitrogen and oxygen atoms in total. The second-order valence-corrected chi connectivity index (χ2v) is 21.7. The molecule has 1 heterocycles. The van der Waals surface area contributed by atoms with Crippen LogP contribution < -0.4 is 0 Å². The van der Waals surface area contributed by atoms with E-state index in [1.807, 2.05) is 0 Å². The van der Waals surface area contributed by atoms with Gasteiger partial charge in [0.15, 0.2) is 24.6 Å². The van der Waals surface area contributed by atoms with Crippen molar-refractivity contribution in [3.8, 4) is 0 Å².